The predicted octanol–water partition coefficient (Wildman–Crippen LogP) is 3.98. The van der Waals surface area contributed by atoms with Gasteiger partial charge in [-0.2, -0.15) is 0 Å². The molecule has 0 saturated carbocycles. The van der Waals surface area contributed by atoms with Crippen molar-refractivity contribution in [3.63, 3.8) is 0 Å². The number of likely N-dealkylation sites (N-methyl/N-ethyl adjacent to an activating group) is 1. The number of amides is 1. The van der Waals surface area contributed by atoms with Crippen LogP contribution in [0.2, 0.25) is 0 Å². The zero-order valence-corrected chi connectivity index (χ0v) is 14.8. The van der Waals surface area contributed by atoms with Crippen molar-refractivity contribution in [3.8, 4) is 5.75 Å². The highest BCUT2D eigenvalue weighted by atomic mass is 16.5. The molecule has 4 heteroatoms. The van der Waals surface area contributed by atoms with Crippen molar-refractivity contribution in [1.82, 2.24) is 9.88 Å². The van der Waals surface area contributed by atoms with Gasteiger partial charge in [0.05, 0.1) is 0 Å². The predicted molar refractivity (Wildman–Crippen MR) is 102 cm³/mol. The molecule has 3 aromatic rings. The molecule has 0 N–H and O–H groups in total. The van der Waals surface area contributed by atoms with Crippen LogP contribution in [0.25, 0.3) is 0 Å². The minimum Gasteiger partial charge on any atom is -0.489 e. The van der Waals surface area contributed by atoms with Crippen LogP contribution in [0.15, 0.2) is 79.0 Å². The van der Waals surface area contributed by atoms with Crippen LogP contribution >= 0.6 is 0 Å². The van der Waals surface area contributed by atoms with Gasteiger partial charge in [-0.25, -0.2) is 0 Å². The molecule has 0 unspecified atom stereocenters. The van der Waals surface area contributed by atoms with E-state index < -0.39 is 0 Å². The van der Waals surface area contributed by atoms with Crippen molar-refractivity contribution in [2.45, 2.75) is 13.0 Å². The number of pyridine rings is 1. The van der Waals surface area contributed by atoms with Gasteiger partial charge in [-0.3, -0.25) is 9.78 Å². The number of rotatable bonds is 7. The Bertz CT molecular complexity index is 818. The Morgan fingerprint density at radius 2 is 1.69 bits per heavy atom. The van der Waals surface area contributed by atoms with Crippen LogP contribution in [0.4, 0.5) is 0 Å². The topological polar surface area (TPSA) is 42.4 Å². The summed E-state index contributed by atoms with van der Waals surface area (Å²) in [6.45, 7) is 1.14. The lowest BCUT2D eigenvalue weighted by Crippen LogP contribution is -2.28. The van der Waals surface area contributed by atoms with Crippen LogP contribution in [-0.2, 0) is 13.0 Å². The molecule has 4 nitrogen and oxygen atoms in total. The fraction of sp³-hybridized carbons (Fsp3) is 0.182. The molecule has 26 heavy (non-hydrogen) atoms. The second-order valence-electron chi connectivity index (χ2n) is 6.10. The molecule has 1 heterocycles. The third-order valence-electron chi connectivity index (χ3n) is 4.13. The Hall–Kier alpha value is -3.14. The highest BCUT2D eigenvalue weighted by Gasteiger charge is 2.12. The van der Waals surface area contributed by atoms with Crippen molar-refractivity contribution in [1.29, 1.82) is 0 Å². The maximum Gasteiger partial charge on any atom is 0.253 e. The number of carbonyl (C=O) groups is 1. The number of nitrogens with zero attached hydrogens (tertiary/aromatic N) is 2. The minimum absolute atomic E-state index is 0.00413. The summed E-state index contributed by atoms with van der Waals surface area (Å²) in [6.07, 6.45) is 2.51. The molecular formula is C22H22N2O2. The van der Waals surface area contributed by atoms with E-state index in [0.29, 0.717) is 18.7 Å². The first-order valence-corrected chi connectivity index (χ1v) is 8.64. The molecule has 0 spiro atoms. The fourth-order valence-electron chi connectivity index (χ4n) is 2.58. The van der Waals surface area contributed by atoms with Crippen LogP contribution in [0.1, 0.15) is 21.6 Å². The van der Waals surface area contributed by atoms with E-state index >= 15 is 0 Å². The van der Waals surface area contributed by atoms with Crippen molar-refractivity contribution >= 4 is 5.91 Å². The first kappa shape index (κ1) is 17.7. The largest absolute Gasteiger partial charge is 0.489 e. The molecule has 2 aromatic carbocycles. The summed E-state index contributed by atoms with van der Waals surface area (Å²) < 4.78 is 5.76. The Morgan fingerprint density at radius 3 is 2.38 bits per heavy atom. The highest BCUT2D eigenvalue weighted by Crippen LogP contribution is 2.15. The quantitative estimate of drug-likeness (QED) is 0.650. The van der Waals surface area contributed by atoms with E-state index in [1.165, 1.54) is 0 Å². The Morgan fingerprint density at radius 1 is 0.962 bits per heavy atom. The SMILES string of the molecule is CN(CCc1ccccn1)C(=O)c1ccc(OCc2ccccc2)cc1. The maximum atomic E-state index is 12.5. The van der Waals surface area contributed by atoms with E-state index in [1.54, 1.807) is 23.2 Å². The Labute approximate surface area is 154 Å². The lowest BCUT2D eigenvalue weighted by Gasteiger charge is -2.17. The highest BCUT2D eigenvalue weighted by molar-refractivity contribution is 5.94. The van der Waals surface area contributed by atoms with Gasteiger partial charge in [0, 0.05) is 37.5 Å². The monoisotopic (exact) mass is 346 g/mol. The molecule has 0 fully saturated rings. The average molecular weight is 346 g/mol. The summed E-state index contributed by atoms with van der Waals surface area (Å²) >= 11 is 0. The molecule has 0 saturated heterocycles. The minimum atomic E-state index is -0.00413. The maximum absolute atomic E-state index is 12.5. The number of aromatic nitrogens is 1. The van der Waals surface area contributed by atoms with Crippen molar-refractivity contribution < 1.29 is 9.53 Å². The third-order valence-corrected chi connectivity index (χ3v) is 4.13. The summed E-state index contributed by atoms with van der Waals surface area (Å²) in [7, 11) is 1.81. The normalized spacial score (nSPS) is 10.3. The zero-order valence-electron chi connectivity index (χ0n) is 14.8. The Kier molecular flexibility index (Phi) is 5.99. The molecule has 0 aliphatic carbocycles. The average Bonchev–Trinajstić information content (AvgIpc) is 2.72. The molecular weight excluding hydrogens is 324 g/mol. The first-order valence-electron chi connectivity index (χ1n) is 8.64. The van der Waals surface area contributed by atoms with Crippen LogP contribution in [0, 0.1) is 0 Å². The van der Waals surface area contributed by atoms with Gasteiger partial charge >= 0.3 is 0 Å². The number of carbonyl (C=O) groups excluding carboxylic acids is 1. The fourth-order valence-corrected chi connectivity index (χ4v) is 2.58. The summed E-state index contributed by atoms with van der Waals surface area (Å²) in [5.74, 6) is 0.747. The summed E-state index contributed by atoms with van der Waals surface area (Å²) in [5, 5.41) is 0. The summed E-state index contributed by atoms with van der Waals surface area (Å²) in [5.41, 5.74) is 2.75. The van der Waals surface area contributed by atoms with E-state index in [2.05, 4.69) is 4.98 Å². The van der Waals surface area contributed by atoms with Crippen LogP contribution in [-0.4, -0.2) is 29.4 Å². The molecule has 0 atom stereocenters. The van der Waals surface area contributed by atoms with E-state index in [4.69, 9.17) is 4.74 Å². The molecule has 0 aliphatic heterocycles. The number of ether oxygens (including phenoxy) is 1. The van der Waals surface area contributed by atoms with Gasteiger partial charge in [0.25, 0.3) is 5.91 Å². The summed E-state index contributed by atoms with van der Waals surface area (Å²) in [6, 6.07) is 23.1. The van der Waals surface area contributed by atoms with Gasteiger partial charge in [0.15, 0.2) is 0 Å². The summed E-state index contributed by atoms with van der Waals surface area (Å²) in [4.78, 5) is 18.5. The molecule has 0 bridgehead atoms. The van der Waals surface area contributed by atoms with Gasteiger partial charge < -0.3 is 9.64 Å². The number of benzene rings is 2. The van der Waals surface area contributed by atoms with Crippen LogP contribution in [0.3, 0.4) is 0 Å². The first-order chi connectivity index (χ1) is 12.7. The van der Waals surface area contributed by atoms with Crippen molar-refractivity contribution in [2.75, 3.05) is 13.6 Å². The standard InChI is InChI=1S/C22H22N2O2/c1-24(16-14-20-9-5-6-15-23-20)22(25)19-10-12-21(13-11-19)26-17-18-7-3-2-4-8-18/h2-13,15H,14,16-17H2,1H3. The van der Waals surface area contributed by atoms with Crippen LogP contribution < -0.4 is 4.74 Å². The molecule has 1 amide bonds. The van der Waals surface area contributed by atoms with E-state index in [9.17, 15) is 4.79 Å². The van der Waals surface area contributed by atoms with Gasteiger partial charge in [-0.15, -0.1) is 0 Å². The van der Waals surface area contributed by atoms with Crippen molar-refractivity contribution in [2.24, 2.45) is 0 Å². The third kappa shape index (κ3) is 4.93. The van der Waals surface area contributed by atoms with E-state index in [0.717, 1.165) is 23.4 Å². The molecule has 1 aromatic heterocycles. The molecule has 0 aliphatic rings. The smallest absolute Gasteiger partial charge is 0.253 e. The number of hydrogen-bond donors (Lipinski definition) is 0. The lowest BCUT2D eigenvalue weighted by atomic mass is 10.2. The van der Waals surface area contributed by atoms with Gasteiger partial charge in [-0.05, 0) is 42.0 Å². The van der Waals surface area contributed by atoms with E-state index in [1.807, 2.05) is 67.7 Å². The van der Waals surface area contributed by atoms with Crippen molar-refractivity contribution in [3.05, 3.63) is 95.8 Å². The lowest BCUT2D eigenvalue weighted by molar-refractivity contribution is 0.0796. The van der Waals surface area contributed by atoms with E-state index in [-0.39, 0.29) is 5.91 Å². The van der Waals surface area contributed by atoms with Gasteiger partial charge in [0.2, 0.25) is 0 Å². The second-order valence-corrected chi connectivity index (χ2v) is 6.10. The Balaban J connectivity index is 1.52. The van der Waals surface area contributed by atoms with Crippen LogP contribution in [0.5, 0.6) is 5.75 Å². The molecule has 132 valence electrons. The zero-order chi connectivity index (χ0) is 18.2. The van der Waals surface area contributed by atoms with Gasteiger partial charge in [0.1, 0.15) is 12.4 Å². The van der Waals surface area contributed by atoms with Gasteiger partial charge in [-0.1, -0.05) is 36.4 Å². The number of hydrogen-bond acceptors (Lipinski definition) is 3. The molecule has 0 radical (unpaired) electrons. The molecule has 3 rings (SSSR count). The second kappa shape index (κ2) is 8.81.